The van der Waals surface area contributed by atoms with Crippen LogP contribution in [0, 0.1) is 13.8 Å². The lowest BCUT2D eigenvalue weighted by Crippen LogP contribution is -2.12. The van der Waals surface area contributed by atoms with Gasteiger partial charge in [-0.05, 0) is 75.5 Å². The third-order valence-corrected chi connectivity index (χ3v) is 7.23. The van der Waals surface area contributed by atoms with Gasteiger partial charge in [-0.15, -0.1) is 0 Å². The van der Waals surface area contributed by atoms with Crippen LogP contribution >= 0.6 is 55.1 Å². The van der Waals surface area contributed by atoms with E-state index in [9.17, 15) is 4.79 Å². The van der Waals surface area contributed by atoms with Crippen molar-refractivity contribution in [3.05, 3.63) is 84.0 Å². The number of anilines is 1. The van der Waals surface area contributed by atoms with Crippen LogP contribution in [-0.4, -0.2) is 25.5 Å². The van der Waals surface area contributed by atoms with Crippen molar-refractivity contribution in [1.82, 2.24) is 19.6 Å². The number of aromatic nitrogens is 4. The quantitative estimate of drug-likeness (QED) is 0.275. The third kappa shape index (κ3) is 4.96. The lowest BCUT2D eigenvalue weighted by atomic mass is 10.2. The van der Waals surface area contributed by atoms with E-state index in [-0.39, 0.29) is 5.76 Å². The second-order valence-corrected chi connectivity index (χ2v) is 9.60. The Morgan fingerprint density at radius 2 is 1.88 bits per heavy atom. The lowest BCUT2D eigenvalue weighted by Gasteiger charge is -2.04. The van der Waals surface area contributed by atoms with E-state index >= 15 is 0 Å². The molecule has 4 rings (SSSR count). The summed E-state index contributed by atoms with van der Waals surface area (Å²) in [6.07, 6.45) is 1.77. The van der Waals surface area contributed by atoms with E-state index in [1.54, 1.807) is 35.1 Å². The molecule has 7 nitrogen and oxygen atoms in total. The average molecular weight is 602 g/mol. The Hall–Kier alpha value is -2.07. The molecule has 0 aliphatic carbocycles. The Morgan fingerprint density at radius 1 is 1.09 bits per heavy atom. The molecule has 4 aromatic rings. The van der Waals surface area contributed by atoms with Gasteiger partial charge in [0.25, 0.3) is 5.91 Å². The van der Waals surface area contributed by atoms with Gasteiger partial charge in [0.15, 0.2) is 11.6 Å². The van der Waals surface area contributed by atoms with Crippen molar-refractivity contribution < 1.29 is 9.21 Å². The Balaban J connectivity index is 1.44. The first kappa shape index (κ1) is 23.1. The molecule has 3 heterocycles. The Morgan fingerprint density at radius 3 is 2.56 bits per heavy atom. The van der Waals surface area contributed by atoms with Crippen LogP contribution in [-0.2, 0) is 13.1 Å². The van der Waals surface area contributed by atoms with Gasteiger partial charge in [-0.3, -0.25) is 14.2 Å². The van der Waals surface area contributed by atoms with Crippen molar-refractivity contribution >= 4 is 66.8 Å². The second kappa shape index (κ2) is 9.43. The highest BCUT2D eigenvalue weighted by molar-refractivity contribution is 9.11. The van der Waals surface area contributed by atoms with Gasteiger partial charge in [0.05, 0.1) is 43.5 Å². The topological polar surface area (TPSA) is 77.9 Å². The maximum Gasteiger partial charge on any atom is 0.292 e. The fraction of sp³-hybridized carbons (Fsp3) is 0.190. The van der Waals surface area contributed by atoms with Gasteiger partial charge < -0.3 is 9.73 Å². The SMILES string of the molecule is Cc1nn(Cc2ccc(C(=O)Nc3nn(Cc4ccc(Cl)c(Cl)c4)cc3Br)o2)c(C)c1Br. The number of rotatable bonds is 6. The number of amides is 1. The molecule has 0 aliphatic rings. The van der Waals surface area contributed by atoms with E-state index in [4.69, 9.17) is 27.6 Å². The van der Waals surface area contributed by atoms with Gasteiger partial charge in [-0.2, -0.15) is 10.2 Å². The maximum absolute atomic E-state index is 12.7. The fourth-order valence-corrected chi connectivity index (χ4v) is 4.14. The molecule has 0 aliphatic heterocycles. The van der Waals surface area contributed by atoms with E-state index in [0.29, 0.717) is 39.2 Å². The van der Waals surface area contributed by atoms with E-state index in [0.717, 1.165) is 21.4 Å². The molecule has 1 aromatic carbocycles. The predicted octanol–water partition coefficient (Wildman–Crippen LogP) is 6.47. The summed E-state index contributed by atoms with van der Waals surface area (Å²) in [6.45, 7) is 4.78. The van der Waals surface area contributed by atoms with Crippen LogP contribution in [0.15, 0.2) is 49.9 Å². The molecule has 3 aromatic heterocycles. The highest BCUT2D eigenvalue weighted by Crippen LogP contribution is 2.25. The van der Waals surface area contributed by atoms with Gasteiger partial charge in [0.1, 0.15) is 5.76 Å². The predicted molar refractivity (Wildman–Crippen MR) is 131 cm³/mol. The summed E-state index contributed by atoms with van der Waals surface area (Å²) in [7, 11) is 0. The number of halogens is 4. The summed E-state index contributed by atoms with van der Waals surface area (Å²) >= 11 is 19.0. The molecule has 0 atom stereocenters. The molecule has 0 saturated carbocycles. The minimum atomic E-state index is -0.397. The molecule has 0 saturated heterocycles. The van der Waals surface area contributed by atoms with Crippen molar-refractivity contribution in [1.29, 1.82) is 0 Å². The Bertz CT molecular complexity index is 1310. The Kier molecular flexibility index (Phi) is 6.80. The summed E-state index contributed by atoms with van der Waals surface area (Å²) < 4.78 is 10.8. The standard InChI is InChI=1S/C21H17Br2Cl2N5O2/c1-11-19(23)12(2)30(27-11)9-14-4-6-18(32-14)21(31)26-20-15(22)10-29(28-20)8-13-3-5-16(24)17(25)7-13/h3-7,10H,8-9H2,1-2H3,(H,26,28,31). The zero-order chi connectivity index (χ0) is 23.0. The van der Waals surface area contributed by atoms with Crippen LogP contribution in [0.25, 0.3) is 0 Å². The zero-order valence-electron chi connectivity index (χ0n) is 17.0. The molecular weight excluding hydrogens is 585 g/mol. The van der Waals surface area contributed by atoms with Gasteiger partial charge in [-0.1, -0.05) is 29.3 Å². The minimum Gasteiger partial charge on any atom is -0.454 e. The average Bonchev–Trinajstić information content (AvgIpc) is 3.41. The minimum absolute atomic E-state index is 0.187. The van der Waals surface area contributed by atoms with Crippen molar-refractivity contribution in [2.75, 3.05) is 5.32 Å². The lowest BCUT2D eigenvalue weighted by molar-refractivity contribution is 0.0994. The van der Waals surface area contributed by atoms with E-state index in [1.807, 2.05) is 24.6 Å². The van der Waals surface area contributed by atoms with Crippen LogP contribution in [0.1, 0.15) is 33.3 Å². The molecule has 11 heteroatoms. The normalized spacial score (nSPS) is 11.2. The van der Waals surface area contributed by atoms with Crippen LogP contribution in [0.2, 0.25) is 10.0 Å². The molecule has 32 heavy (non-hydrogen) atoms. The summed E-state index contributed by atoms with van der Waals surface area (Å²) in [5.74, 6) is 0.797. The number of nitrogens with zero attached hydrogens (tertiary/aromatic N) is 4. The number of hydrogen-bond acceptors (Lipinski definition) is 4. The molecule has 1 N–H and O–H groups in total. The van der Waals surface area contributed by atoms with Crippen molar-refractivity contribution in [2.45, 2.75) is 26.9 Å². The summed E-state index contributed by atoms with van der Waals surface area (Å²) in [5.41, 5.74) is 2.81. The van der Waals surface area contributed by atoms with Crippen LogP contribution in [0.3, 0.4) is 0 Å². The molecule has 1 amide bonds. The number of carbonyl (C=O) groups excluding carboxylic acids is 1. The van der Waals surface area contributed by atoms with Gasteiger partial charge in [-0.25, -0.2) is 0 Å². The number of benzene rings is 1. The molecule has 0 radical (unpaired) electrons. The highest BCUT2D eigenvalue weighted by atomic mass is 79.9. The largest absolute Gasteiger partial charge is 0.454 e. The maximum atomic E-state index is 12.7. The van der Waals surface area contributed by atoms with Gasteiger partial charge in [0.2, 0.25) is 0 Å². The van der Waals surface area contributed by atoms with E-state index < -0.39 is 5.91 Å². The first-order valence-electron chi connectivity index (χ1n) is 9.47. The summed E-state index contributed by atoms with van der Waals surface area (Å²) in [6, 6.07) is 8.78. The summed E-state index contributed by atoms with van der Waals surface area (Å²) in [4.78, 5) is 12.7. The highest BCUT2D eigenvalue weighted by Gasteiger charge is 2.17. The molecule has 0 unspecified atom stereocenters. The molecule has 0 fully saturated rings. The monoisotopic (exact) mass is 599 g/mol. The molecule has 166 valence electrons. The fourth-order valence-electron chi connectivity index (χ4n) is 3.12. The van der Waals surface area contributed by atoms with E-state index in [1.165, 1.54) is 0 Å². The zero-order valence-corrected chi connectivity index (χ0v) is 21.7. The number of nitrogens with one attached hydrogen (secondary N) is 1. The number of aryl methyl sites for hydroxylation is 1. The van der Waals surface area contributed by atoms with E-state index in [2.05, 4.69) is 47.4 Å². The van der Waals surface area contributed by atoms with Crippen molar-refractivity contribution in [3.8, 4) is 0 Å². The first-order valence-corrected chi connectivity index (χ1v) is 11.8. The molecule has 0 bridgehead atoms. The van der Waals surface area contributed by atoms with Crippen LogP contribution < -0.4 is 5.32 Å². The first-order chi connectivity index (χ1) is 15.2. The molecule has 0 spiro atoms. The summed E-state index contributed by atoms with van der Waals surface area (Å²) in [5, 5.41) is 12.6. The van der Waals surface area contributed by atoms with Gasteiger partial charge in [0, 0.05) is 6.20 Å². The van der Waals surface area contributed by atoms with Crippen molar-refractivity contribution in [2.24, 2.45) is 0 Å². The number of carbonyl (C=O) groups is 1. The van der Waals surface area contributed by atoms with Gasteiger partial charge >= 0.3 is 0 Å². The smallest absolute Gasteiger partial charge is 0.292 e. The van der Waals surface area contributed by atoms with Crippen LogP contribution in [0.4, 0.5) is 5.82 Å². The van der Waals surface area contributed by atoms with Crippen molar-refractivity contribution in [3.63, 3.8) is 0 Å². The number of furan rings is 1. The number of hydrogen-bond donors (Lipinski definition) is 1. The second-order valence-electron chi connectivity index (χ2n) is 7.13. The van der Waals surface area contributed by atoms with Crippen LogP contribution in [0.5, 0.6) is 0 Å². The third-order valence-electron chi connectivity index (χ3n) is 4.76. The molecular formula is C21H17Br2Cl2N5O2. The Labute approximate surface area is 210 Å².